The molecule has 3 aliphatic carbocycles. The van der Waals surface area contributed by atoms with Gasteiger partial charge in [-0.05, 0) is 43.6 Å². The Morgan fingerprint density at radius 3 is 2.69 bits per heavy atom. The van der Waals surface area contributed by atoms with Crippen molar-refractivity contribution in [2.45, 2.75) is 63.8 Å². The second-order valence-electron chi connectivity index (χ2n) is 10.1. The third-order valence-corrected chi connectivity index (χ3v) is 9.16. The van der Waals surface area contributed by atoms with E-state index in [9.17, 15) is 9.59 Å². The van der Waals surface area contributed by atoms with Crippen molar-refractivity contribution >= 4 is 11.8 Å². The van der Waals surface area contributed by atoms with Crippen LogP contribution in [0.5, 0.6) is 0 Å². The average molecular weight is 404 g/mol. The van der Waals surface area contributed by atoms with E-state index >= 15 is 0 Å². The molecule has 3 aliphatic heterocycles. The second kappa shape index (κ2) is 5.69. The van der Waals surface area contributed by atoms with E-state index < -0.39 is 11.4 Å². The molecule has 2 spiro atoms. The van der Waals surface area contributed by atoms with Gasteiger partial charge in [0.2, 0.25) is 5.79 Å². The van der Waals surface area contributed by atoms with Crippen molar-refractivity contribution < 1.29 is 33.3 Å². The molecule has 29 heavy (non-hydrogen) atoms. The molecular formula is C22H28O7. The van der Waals surface area contributed by atoms with E-state index in [-0.39, 0.29) is 48.0 Å². The highest BCUT2D eigenvalue weighted by Gasteiger charge is 2.76. The van der Waals surface area contributed by atoms with E-state index in [0.29, 0.717) is 37.5 Å². The van der Waals surface area contributed by atoms with Crippen LogP contribution in [-0.4, -0.2) is 43.3 Å². The molecule has 158 valence electrons. The van der Waals surface area contributed by atoms with Gasteiger partial charge in [0.05, 0.1) is 0 Å². The number of rotatable bonds is 0. The maximum absolute atomic E-state index is 13.7. The summed E-state index contributed by atoms with van der Waals surface area (Å²) in [5.74, 6) is 0.299. The lowest BCUT2D eigenvalue weighted by Crippen LogP contribution is -2.65. The van der Waals surface area contributed by atoms with Crippen LogP contribution in [-0.2, 0) is 33.3 Å². The first-order chi connectivity index (χ1) is 13.9. The fraction of sp³-hybridized carbons (Fsp3) is 0.818. The number of ketones is 1. The van der Waals surface area contributed by atoms with E-state index in [4.69, 9.17) is 23.7 Å². The summed E-state index contributed by atoms with van der Waals surface area (Å²) in [7, 11) is 0. The Balaban J connectivity index is 1.42. The molecule has 0 radical (unpaired) electrons. The number of hydrogen-bond donors (Lipinski definition) is 0. The van der Waals surface area contributed by atoms with E-state index in [1.54, 1.807) is 0 Å². The van der Waals surface area contributed by atoms with Gasteiger partial charge in [-0.1, -0.05) is 13.8 Å². The number of carbonyl (C=O) groups excluding carboxylic acids is 2. The van der Waals surface area contributed by atoms with Crippen LogP contribution in [0.3, 0.4) is 0 Å². The Kier molecular flexibility index (Phi) is 3.63. The number of fused-ring (bicyclic) bond motifs is 7. The molecule has 0 aromatic rings. The number of carbonyl (C=O) groups is 2. The summed E-state index contributed by atoms with van der Waals surface area (Å²) >= 11 is 0. The zero-order valence-corrected chi connectivity index (χ0v) is 17.0. The smallest absolute Gasteiger partial charge is 0.310 e. The summed E-state index contributed by atoms with van der Waals surface area (Å²) < 4.78 is 29.4. The van der Waals surface area contributed by atoms with Crippen LogP contribution < -0.4 is 0 Å². The van der Waals surface area contributed by atoms with E-state index in [1.807, 2.05) is 0 Å². The highest BCUT2D eigenvalue weighted by atomic mass is 16.9. The number of ether oxygens (including phenoxy) is 5. The van der Waals surface area contributed by atoms with Crippen molar-refractivity contribution in [3.63, 3.8) is 0 Å². The number of esters is 1. The first-order valence-corrected chi connectivity index (χ1v) is 10.8. The molecule has 0 aromatic heterocycles. The highest BCUT2D eigenvalue weighted by Crippen LogP contribution is 2.70. The Labute approximate surface area is 170 Å². The summed E-state index contributed by atoms with van der Waals surface area (Å²) in [6.45, 7) is 5.01. The Morgan fingerprint density at radius 2 is 1.90 bits per heavy atom. The molecule has 7 heteroatoms. The average Bonchev–Trinajstić information content (AvgIpc) is 3.37. The van der Waals surface area contributed by atoms with Crippen LogP contribution in [0.25, 0.3) is 0 Å². The molecule has 0 amide bonds. The summed E-state index contributed by atoms with van der Waals surface area (Å²) in [6, 6.07) is 0. The van der Waals surface area contributed by atoms with Gasteiger partial charge in [0, 0.05) is 29.6 Å². The second-order valence-corrected chi connectivity index (χ2v) is 10.1. The van der Waals surface area contributed by atoms with Gasteiger partial charge in [-0.25, -0.2) is 0 Å². The van der Waals surface area contributed by atoms with Crippen LogP contribution in [0.4, 0.5) is 0 Å². The van der Waals surface area contributed by atoms with Gasteiger partial charge in [-0.15, -0.1) is 0 Å². The molecule has 5 fully saturated rings. The summed E-state index contributed by atoms with van der Waals surface area (Å²) in [4.78, 5) is 25.6. The van der Waals surface area contributed by atoms with Crippen molar-refractivity contribution in [3.8, 4) is 0 Å². The normalized spacial score (nSPS) is 53.6. The van der Waals surface area contributed by atoms with Crippen molar-refractivity contribution in [2.24, 2.45) is 28.6 Å². The van der Waals surface area contributed by atoms with Crippen LogP contribution in [0.15, 0.2) is 11.8 Å². The van der Waals surface area contributed by atoms with Crippen molar-refractivity contribution in [3.05, 3.63) is 11.8 Å². The topological polar surface area (TPSA) is 80.3 Å². The Bertz CT molecular complexity index is 808. The Hall–Kier alpha value is -1.28. The third-order valence-electron chi connectivity index (χ3n) is 9.16. The summed E-state index contributed by atoms with van der Waals surface area (Å²) in [5.41, 5.74) is -1.42. The third kappa shape index (κ3) is 2.03. The van der Waals surface area contributed by atoms with Crippen LogP contribution in [0.2, 0.25) is 0 Å². The number of hydrogen-bond acceptors (Lipinski definition) is 7. The predicted molar refractivity (Wildman–Crippen MR) is 98.0 cm³/mol. The monoisotopic (exact) mass is 404 g/mol. The van der Waals surface area contributed by atoms with Gasteiger partial charge in [0.1, 0.15) is 23.8 Å². The summed E-state index contributed by atoms with van der Waals surface area (Å²) in [5, 5.41) is 0. The van der Waals surface area contributed by atoms with Gasteiger partial charge >= 0.3 is 5.97 Å². The molecule has 3 saturated heterocycles. The van der Waals surface area contributed by atoms with Gasteiger partial charge in [0.15, 0.2) is 13.6 Å². The molecule has 0 bridgehead atoms. The maximum Gasteiger partial charge on any atom is 0.310 e. The standard InChI is InChI=1S/C22H28O7/c1-19-7-6-17(24)29-16(19)4-3-13-14-5-8-21(20(14,2)9-15(23)18(13)19)22(28-12-26-21)10-25-11-27-22/h4,13-14,18H,3,5-12H2,1-2H3/t13-,14+,18+,19-,20-,21-,22-/m0/s1. The van der Waals surface area contributed by atoms with Gasteiger partial charge in [0.25, 0.3) is 0 Å². The van der Waals surface area contributed by atoms with Crippen molar-refractivity contribution in [1.29, 1.82) is 0 Å². The van der Waals surface area contributed by atoms with E-state index in [1.165, 1.54) is 0 Å². The van der Waals surface area contributed by atoms with E-state index in [0.717, 1.165) is 19.3 Å². The van der Waals surface area contributed by atoms with Crippen LogP contribution in [0.1, 0.15) is 52.4 Å². The largest absolute Gasteiger partial charge is 0.431 e. The lowest BCUT2D eigenvalue weighted by atomic mass is 9.48. The zero-order valence-electron chi connectivity index (χ0n) is 17.0. The lowest BCUT2D eigenvalue weighted by Gasteiger charge is -2.57. The fourth-order valence-corrected chi connectivity index (χ4v) is 7.88. The Morgan fingerprint density at radius 1 is 1.07 bits per heavy atom. The van der Waals surface area contributed by atoms with Crippen molar-refractivity contribution in [1.82, 2.24) is 0 Å². The van der Waals surface area contributed by atoms with Crippen LogP contribution >= 0.6 is 0 Å². The molecule has 7 nitrogen and oxygen atoms in total. The number of Topliss-reactive ketones (excluding diaryl/α,β-unsaturated/α-hetero) is 1. The maximum atomic E-state index is 13.7. The molecule has 2 saturated carbocycles. The molecule has 0 N–H and O–H groups in total. The predicted octanol–water partition coefficient (Wildman–Crippen LogP) is 2.68. The minimum atomic E-state index is -0.913. The van der Waals surface area contributed by atoms with Crippen LogP contribution in [0, 0.1) is 28.6 Å². The molecule has 6 rings (SSSR count). The molecule has 3 heterocycles. The zero-order chi connectivity index (χ0) is 20.1. The minimum absolute atomic E-state index is 0.108. The van der Waals surface area contributed by atoms with Crippen molar-refractivity contribution in [2.75, 3.05) is 20.2 Å². The number of allylic oxidation sites excluding steroid dienone is 2. The molecular weight excluding hydrogens is 376 g/mol. The van der Waals surface area contributed by atoms with Gasteiger partial charge < -0.3 is 23.7 Å². The quantitative estimate of drug-likeness (QED) is 0.574. The molecule has 7 atom stereocenters. The lowest BCUT2D eigenvalue weighted by molar-refractivity contribution is -0.246. The highest BCUT2D eigenvalue weighted by molar-refractivity contribution is 5.86. The SMILES string of the molecule is C[C@]12CCC(=O)OC1=CC[C@H]1[C@H]3CC[C@]4(OCO[C@@]45COCO5)[C@@]3(C)CC(=O)[C@@H]12. The summed E-state index contributed by atoms with van der Waals surface area (Å²) in [6.07, 6.45) is 6.09. The van der Waals surface area contributed by atoms with Gasteiger partial charge in [-0.3, -0.25) is 9.59 Å². The fourth-order valence-electron chi connectivity index (χ4n) is 7.88. The van der Waals surface area contributed by atoms with Gasteiger partial charge in [-0.2, -0.15) is 0 Å². The first-order valence-electron chi connectivity index (χ1n) is 10.8. The van der Waals surface area contributed by atoms with E-state index in [2.05, 4.69) is 19.9 Å². The molecule has 0 unspecified atom stereocenters. The minimum Gasteiger partial charge on any atom is -0.431 e. The molecule has 6 aliphatic rings. The first kappa shape index (κ1) is 18.5. The molecule has 0 aromatic carbocycles.